The van der Waals surface area contributed by atoms with Gasteiger partial charge in [-0.25, -0.2) is 37.4 Å². The highest BCUT2D eigenvalue weighted by molar-refractivity contribution is 7.91. The molecule has 0 radical (unpaired) electrons. The average Bonchev–Trinajstić information content (AvgIpc) is 3.78. The molecule has 0 saturated heterocycles. The summed E-state index contributed by atoms with van der Waals surface area (Å²) in [5, 5.41) is 6.43. The molecule has 2 aromatic carbocycles. The lowest BCUT2D eigenvalue weighted by Crippen LogP contribution is -2.12. The van der Waals surface area contributed by atoms with E-state index in [0.717, 1.165) is 57.8 Å². The number of benzene rings is 2. The molecule has 0 atom stereocenters. The van der Waals surface area contributed by atoms with Crippen molar-refractivity contribution in [2.75, 3.05) is 0 Å². The smallest absolute Gasteiger partial charge is 0.239 e. The number of pyridine rings is 2. The topological polar surface area (TPSA) is 120 Å². The van der Waals surface area contributed by atoms with Crippen LogP contribution >= 0.6 is 0 Å². The van der Waals surface area contributed by atoms with Crippen LogP contribution in [-0.4, -0.2) is 47.6 Å². The van der Waals surface area contributed by atoms with E-state index in [4.69, 9.17) is 0 Å². The molecule has 6 aromatic heterocycles. The van der Waals surface area contributed by atoms with Gasteiger partial charge in [0.15, 0.2) is 0 Å². The van der Waals surface area contributed by atoms with Gasteiger partial charge in [0, 0.05) is 35.9 Å². The predicted molar refractivity (Wildman–Crippen MR) is 189 cm³/mol. The zero-order chi connectivity index (χ0) is 43.9. The molecule has 0 aliphatic heterocycles. The summed E-state index contributed by atoms with van der Waals surface area (Å²) in [4.78, 5) is 16.0. The van der Waals surface area contributed by atoms with Gasteiger partial charge in [0.25, 0.3) is 20.2 Å². The Kier molecular flexibility index (Phi) is 9.44. The summed E-state index contributed by atoms with van der Waals surface area (Å²) in [6.45, 7) is 0. The molecule has 8 aromatic rings. The van der Waals surface area contributed by atoms with Gasteiger partial charge in [-0.05, 0) is 60.7 Å². The maximum atomic E-state index is 14.1. The number of fused-ring (bicyclic) bond motifs is 2. The summed E-state index contributed by atoms with van der Waals surface area (Å²) in [6, 6.07) is 12.7. The third kappa shape index (κ3) is 7.59. The lowest BCUT2D eigenvalue weighted by molar-refractivity contribution is -0.138. The van der Waals surface area contributed by atoms with Crippen molar-refractivity contribution >= 4 is 20.9 Å². The van der Waals surface area contributed by atoms with Crippen molar-refractivity contribution in [3.63, 3.8) is 0 Å². The molecule has 0 amide bonds. The molecule has 0 unspecified atom stereocenters. The van der Waals surface area contributed by atoms with E-state index in [0.29, 0.717) is 48.8 Å². The number of hydrogen-bond donors (Lipinski definition) is 0. The van der Waals surface area contributed by atoms with Crippen LogP contribution in [0.5, 0.6) is 0 Å². The second-order valence-corrected chi connectivity index (χ2v) is 14.8. The number of sulfone groups is 1. The van der Waals surface area contributed by atoms with Gasteiger partial charge in [-0.2, -0.15) is 62.9 Å². The van der Waals surface area contributed by atoms with E-state index in [-0.39, 0.29) is 56.1 Å². The van der Waals surface area contributed by atoms with Crippen LogP contribution in [0.1, 0.15) is 22.3 Å². The summed E-state index contributed by atoms with van der Waals surface area (Å²) in [5.41, 5.74) is -5.63. The first-order valence-corrected chi connectivity index (χ1v) is 18.4. The molecule has 0 saturated carbocycles. The van der Waals surface area contributed by atoms with E-state index in [9.17, 15) is 61.1 Å². The summed E-state index contributed by atoms with van der Waals surface area (Å²) in [5.74, 6) is 0. The first kappa shape index (κ1) is 40.9. The highest BCUT2D eigenvalue weighted by Crippen LogP contribution is 2.41. The maximum absolute atomic E-state index is 14.1. The minimum absolute atomic E-state index is 0.0149. The minimum atomic E-state index is -4.97. The van der Waals surface area contributed by atoms with Gasteiger partial charge in [-0.1, -0.05) is 24.3 Å². The second-order valence-electron chi connectivity index (χ2n) is 13.0. The molecule has 0 aliphatic rings. The Bertz CT molecular complexity index is 2900. The fourth-order valence-corrected chi connectivity index (χ4v) is 7.28. The second kappa shape index (κ2) is 14.1. The van der Waals surface area contributed by atoms with Crippen molar-refractivity contribution in [1.82, 2.24) is 39.2 Å². The van der Waals surface area contributed by atoms with Crippen molar-refractivity contribution in [1.29, 1.82) is 0 Å². The fraction of sp³-hybridized carbons (Fsp3) is 0.105. The van der Waals surface area contributed by atoms with Crippen LogP contribution in [0.25, 0.3) is 56.1 Å². The number of hydrogen-bond acceptors (Lipinski definition) is 8. The number of halogens is 12. The standard InChI is InChI=1S/C38H18F12N8O2S/c39-35(40,41)21-5-1-19(2-6-21)31-29(27-11-9-23(37(45,46)47)17-57(27)55-31)25-13-15-51-33(53-25)61(59,60)34-52-16-14-26(54-34)30-28-12-10-24(38(48,49)50)18-58(28)56-32(30)20-3-7-22(8-4-20)36(42,43)44/h1-18H. The Balaban J connectivity index is 1.26. The highest BCUT2D eigenvalue weighted by Gasteiger charge is 2.35. The van der Waals surface area contributed by atoms with E-state index in [1.54, 1.807) is 0 Å². The van der Waals surface area contributed by atoms with Crippen molar-refractivity contribution in [2.24, 2.45) is 0 Å². The van der Waals surface area contributed by atoms with Gasteiger partial charge in [-0.3, -0.25) is 0 Å². The molecule has 0 N–H and O–H groups in total. The molecule has 10 nitrogen and oxygen atoms in total. The first-order chi connectivity index (χ1) is 28.5. The SMILES string of the molecule is O=S(=O)(c1nccc(-c2c(-c3ccc(C(F)(F)F)cc3)nn3cc(C(F)(F)F)ccc23)n1)c1nccc(-c2c(-c3ccc(C(F)(F)F)cc3)nn3cc(C(F)(F)F)ccc23)n1. The molecule has 0 fully saturated rings. The van der Waals surface area contributed by atoms with Gasteiger partial charge < -0.3 is 0 Å². The van der Waals surface area contributed by atoms with Crippen LogP contribution in [-0.2, 0) is 34.5 Å². The molecule has 312 valence electrons. The van der Waals surface area contributed by atoms with Crippen LogP contribution < -0.4 is 0 Å². The summed E-state index contributed by atoms with van der Waals surface area (Å²) >= 11 is 0. The van der Waals surface area contributed by atoms with Gasteiger partial charge in [0.1, 0.15) is 11.4 Å². The van der Waals surface area contributed by atoms with E-state index in [1.165, 1.54) is 12.1 Å². The molecule has 0 bridgehead atoms. The molecule has 23 heteroatoms. The van der Waals surface area contributed by atoms with Crippen LogP contribution in [0, 0.1) is 0 Å². The molecule has 8 rings (SSSR count). The number of aromatic nitrogens is 8. The zero-order valence-corrected chi connectivity index (χ0v) is 30.5. The van der Waals surface area contributed by atoms with Crippen LogP contribution in [0.2, 0.25) is 0 Å². The molecule has 6 heterocycles. The third-order valence-corrected chi connectivity index (χ3v) is 10.5. The van der Waals surface area contributed by atoms with Gasteiger partial charge >= 0.3 is 24.7 Å². The molecule has 0 aliphatic carbocycles. The monoisotopic (exact) mass is 878 g/mol. The minimum Gasteiger partial charge on any atom is -0.239 e. The van der Waals surface area contributed by atoms with E-state index in [1.807, 2.05) is 0 Å². The molecular formula is C38H18F12N8O2S. The molecule has 61 heavy (non-hydrogen) atoms. The molecular weight excluding hydrogens is 861 g/mol. The number of nitrogens with zero attached hydrogens (tertiary/aromatic N) is 8. The Labute approximate surface area is 332 Å². The first-order valence-electron chi connectivity index (χ1n) is 17.0. The van der Waals surface area contributed by atoms with Crippen LogP contribution in [0.15, 0.2) is 120 Å². The van der Waals surface area contributed by atoms with Crippen molar-refractivity contribution in [3.05, 3.63) is 132 Å². The zero-order valence-electron chi connectivity index (χ0n) is 29.7. The van der Waals surface area contributed by atoms with Crippen molar-refractivity contribution < 1.29 is 61.1 Å². The largest absolute Gasteiger partial charge is 0.417 e. The van der Waals surface area contributed by atoms with E-state index >= 15 is 0 Å². The summed E-state index contributed by atoms with van der Waals surface area (Å²) in [7, 11) is -4.97. The molecule has 0 spiro atoms. The quantitative estimate of drug-likeness (QED) is 0.120. The predicted octanol–water partition coefficient (Wildman–Crippen LogP) is 10.1. The normalized spacial score (nSPS) is 13.0. The Morgan fingerprint density at radius 2 is 0.754 bits per heavy atom. The van der Waals surface area contributed by atoms with E-state index in [2.05, 4.69) is 30.1 Å². The number of alkyl halides is 12. The van der Waals surface area contributed by atoms with Crippen molar-refractivity contribution in [3.8, 4) is 45.0 Å². The van der Waals surface area contributed by atoms with E-state index < -0.39 is 67.1 Å². The highest BCUT2D eigenvalue weighted by atomic mass is 32.2. The lowest BCUT2D eigenvalue weighted by Gasteiger charge is -2.09. The lowest BCUT2D eigenvalue weighted by atomic mass is 10.0. The summed E-state index contributed by atoms with van der Waals surface area (Å²) in [6.07, 6.45) is -15.9. The average molecular weight is 879 g/mol. The Hall–Kier alpha value is -6.91. The fourth-order valence-electron chi connectivity index (χ4n) is 6.28. The van der Waals surface area contributed by atoms with Gasteiger partial charge in [0.2, 0.25) is 0 Å². The van der Waals surface area contributed by atoms with Crippen molar-refractivity contribution in [2.45, 2.75) is 35.0 Å². The van der Waals surface area contributed by atoms with Gasteiger partial charge in [0.05, 0.1) is 55.8 Å². The third-order valence-electron chi connectivity index (χ3n) is 9.15. The van der Waals surface area contributed by atoms with Crippen LogP contribution in [0.4, 0.5) is 52.7 Å². The Morgan fingerprint density at radius 1 is 0.426 bits per heavy atom. The maximum Gasteiger partial charge on any atom is 0.417 e. The van der Waals surface area contributed by atoms with Crippen LogP contribution in [0.3, 0.4) is 0 Å². The number of rotatable bonds is 6. The summed E-state index contributed by atoms with van der Waals surface area (Å²) < 4.78 is 192. The van der Waals surface area contributed by atoms with Gasteiger partial charge in [-0.15, -0.1) is 0 Å². The Morgan fingerprint density at radius 3 is 1.08 bits per heavy atom.